The highest BCUT2D eigenvalue weighted by Gasteiger charge is 2.12. The zero-order chi connectivity index (χ0) is 16.8. The number of non-ortho nitro benzene ring substituents is 1. The van der Waals surface area contributed by atoms with Crippen LogP contribution in [0.4, 0.5) is 5.69 Å². The van der Waals surface area contributed by atoms with E-state index in [9.17, 15) is 14.9 Å². The van der Waals surface area contributed by atoms with Crippen molar-refractivity contribution in [2.45, 2.75) is 19.9 Å². The molecule has 0 fully saturated rings. The molecule has 0 aliphatic heterocycles. The van der Waals surface area contributed by atoms with Gasteiger partial charge in [0.1, 0.15) is 0 Å². The van der Waals surface area contributed by atoms with Crippen LogP contribution >= 0.6 is 0 Å². The number of nitro benzene ring substituents is 1. The normalized spacial score (nSPS) is 11.9. The van der Waals surface area contributed by atoms with Gasteiger partial charge in [0.05, 0.1) is 10.6 Å². The lowest BCUT2D eigenvalue weighted by Crippen LogP contribution is -2.38. The van der Waals surface area contributed by atoms with Crippen LogP contribution in [0.3, 0.4) is 0 Å². The van der Waals surface area contributed by atoms with Gasteiger partial charge in [0.15, 0.2) is 5.69 Å². The average Bonchev–Trinajstić information content (AvgIpc) is 3.03. The smallest absolute Gasteiger partial charge is 0.271 e. The van der Waals surface area contributed by atoms with Crippen LogP contribution in [0.25, 0.3) is 5.69 Å². The van der Waals surface area contributed by atoms with Crippen LogP contribution in [-0.2, 0) is 0 Å². The lowest BCUT2D eigenvalue weighted by molar-refractivity contribution is -0.384. The number of carbonyl (C=O) groups is 1. The Balaban J connectivity index is 2.02. The van der Waals surface area contributed by atoms with Crippen molar-refractivity contribution in [3.05, 3.63) is 52.3 Å². The summed E-state index contributed by atoms with van der Waals surface area (Å²) in [5.41, 5.74) is 0.957. The van der Waals surface area contributed by atoms with E-state index < -0.39 is 4.92 Å². The summed E-state index contributed by atoms with van der Waals surface area (Å²) in [5.74, 6) is -0.254. The maximum atomic E-state index is 12.0. The van der Waals surface area contributed by atoms with Crippen molar-refractivity contribution < 1.29 is 9.72 Å². The fourth-order valence-corrected chi connectivity index (χ4v) is 2.07. The number of hydrogen-bond donors (Lipinski definition) is 2. The maximum absolute atomic E-state index is 12.0. The molecule has 0 bridgehead atoms. The van der Waals surface area contributed by atoms with Gasteiger partial charge in [0.2, 0.25) is 0 Å². The van der Waals surface area contributed by atoms with Crippen LogP contribution in [0.1, 0.15) is 24.3 Å². The summed E-state index contributed by atoms with van der Waals surface area (Å²) in [6, 6.07) is 7.75. The predicted octanol–water partition coefficient (Wildman–Crippen LogP) is 1.51. The first-order chi connectivity index (χ1) is 11.0. The fraction of sp³-hybridized carbons (Fsp3) is 0.333. The first kappa shape index (κ1) is 16.6. The molecule has 1 heterocycles. The van der Waals surface area contributed by atoms with Gasteiger partial charge in [0.25, 0.3) is 11.6 Å². The Labute approximate surface area is 133 Å². The fourth-order valence-electron chi connectivity index (χ4n) is 2.07. The van der Waals surface area contributed by atoms with E-state index in [4.69, 9.17) is 0 Å². The van der Waals surface area contributed by atoms with Crippen LogP contribution in [0, 0.1) is 10.1 Å². The van der Waals surface area contributed by atoms with Crippen molar-refractivity contribution in [1.29, 1.82) is 0 Å². The molecule has 0 saturated heterocycles. The van der Waals surface area contributed by atoms with Crippen LogP contribution < -0.4 is 10.6 Å². The molecule has 23 heavy (non-hydrogen) atoms. The molecule has 8 heteroatoms. The molecule has 8 nitrogen and oxygen atoms in total. The third-order valence-corrected chi connectivity index (χ3v) is 3.27. The van der Waals surface area contributed by atoms with Gasteiger partial charge in [-0.25, -0.2) is 4.68 Å². The molecule has 0 saturated carbocycles. The van der Waals surface area contributed by atoms with Crippen molar-refractivity contribution in [3.63, 3.8) is 0 Å². The lowest BCUT2D eigenvalue weighted by atomic mass is 10.3. The highest BCUT2D eigenvalue weighted by molar-refractivity contribution is 5.92. The number of carbonyl (C=O) groups excluding carboxylic acids is 1. The summed E-state index contributed by atoms with van der Waals surface area (Å²) in [4.78, 5) is 22.2. The summed E-state index contributed by atoms with van der Waals surface area (Å²) in [6.07, 6.45) is 1.64. The third kappa shape index (κ3) is 4.36. The molecule has 0 unspecified atom stereocenters. The molecule has 0 aliphatic rings. The molecule has 0 radical (unpaired) electrons. The second-order valence-electron chi connectivity index (χ2n) is 5.09. The number of likely N-dealkylation sites (N-methyl/N-ethyl adjacent to an activating group) is 1. The number of amides is 1. The molecule has 2 rings (SSSR count). The number of nitrogens with one attached hydrogen (secondary N) is 2. The second kappa shape index (κ2) is 7.50. The molecular weight excluding hydrogens is 298 g/mol. The molecule has 1 aromatic carbocycles. The molecule has 0 aliphatic carbocycles. The monoisotopic (exact) mass is 317 g/mol. The van der Waals surface area contributed by atoms with E-state index in [2.05, 4.69) is 15.7 Å². The largest absolute Gasteiger partial charge is 0.349 e. The second-order valence-corrected chi connectivity index (χ2v) is 5.09. The van der Waals surface area contributed by atoms with Gasteiger partial charge >= 0.3 is 0 Å². The van der Waals surface area contributed by atoms with Gasteiger partial charge in [0, 0.05) is 30.9 Å². The molecule has 1 amide bonds. The Morgan fingerprint density at radius 3 is 2.65 bits per heavy atom. The standard InChI is InChI=1S/C15H19N5O3/c1-3-16-11(2)10-17-15(21)14-8-9-19(18-14)12-4-6-13(7-5-12)20(22)23/h4-9,11,16H,3,10H2,1-2H3,(H,17,21)/t11-/m1/s1. The van der Waals surface area contributed by atoms with Crippen LogP contribution in [-0.4, -0.2) is 39.7 Å². The molecule has 122 valence electrons. The summed E-state index contributed by atoms with van der Waals surface area (Å²) in [7, 11) is 0. The topological polar surface area (TPSA) is 102 Å². The average molecular weight is 317 g/mol. The van der Waals surface area contributed by atoms with Gasteiger partial charge in [-0.1, -0.05) is 6.92 Å². The van der Waals surface area contributed by atoms with E-state index in [0.717, 1.165) is 6.54 Å². The minimum Gasteiger partial charge on any atom is -0.349 e. The van der Waals surface area contributed by atoms with Crippen molar-refractivity contribution in [3.8, 4) is 5.69 Å². The Hall–Kier alpha value is -2.74. The van der Waals surface area contributed by atoms with Gasteiger partial charge in [-0.3, -0.25) is 14.9 Å². The highest BCUT2D eigenvalue weighted by Crippen LogP contribution is 2.14. The first-order valence-corrected chi connectivity index (χ1v) is 7.33. The van der Waals surface area contributed by atoms with Crippen LogP contribution in [0.2, 0.25) is 0 Å². The molecule has 2 N–H and O–H groups in total. The SMILES string of the molecule is CCN[C@H](C)CNC(=O)c1ccn(-c2ccc([N+](=O)[O-])cc2)n1. The number of nitro groups is 1. The van der Waals surface area contributed by atoms with Crippen molar-refractivity contribution in [2.75, 3.05) is 13.1 Å². The minimum absolute atomic E-state index is 0.0104. The Kier molecular flexibility index (Phi) is 5.42. The van der Waals surface area contributed by atoms with Crippen LogP contribution in [0.5, 0.6) is 0 Å². The molecule has 0 spiro atoms. The molecule has 1 atom stereocenters. The van der Waals surface area contributed by atoms with E-state index in [-0.39, 0.29) is 17.6 Å². The number of rotatable bonds is 7. The number of aromatic nitrogens is 2. The molecule has 1 aromatic heterocycles. The third-order valence-electron chi connectivity index (χ3n) is 3.27. The van der Waals surface area contributed by atoms with Gasteiger partial charge in [-0.15, -0.1) is 0 Å². The number of hydrogen-bond acceptors (Lipinski definition) is 5. The lowest BCUT2D eigenvalue weighted by Gasteiger charge is -2.12. The van der Waals surface area contributed by atoms with Crippen molar-refractivity contribution in [2.24, 2.45) is 0 Å². The van der Waals surface area contributed by atoms with Crippen molar-refractivity contribution >= 4 is 11.6 Å². The highest BCUT2D eigenvalue weighted by atomic mass is 16.6. The van der Waals surface area contributed by atoms with Gasteiger partial charge < -0.3 is 10.6 Å². The van der Waals surface area contributed by atoms with Crippen molar-refractivity contribution in [1.82, 2.24) is 20.4 Å². The Morgan fingerprint density at radius 2 is 2.04 bits per heavy atom. The molecular formula is C15H19N5O3. The Bertz CT molecular complexity index is 681. The minimum atomic E-state index is -0.461. The zero-order valence-corrected chi connectivity index (χ0v) is 13.0. The van der Waals surface area contributed by atoms with Crippen LogP contribution in [0.15, 0.2) is 36.5 Å². The summed E-state index contributed by atoms with van der Waals surface area (Å²) >= 11 is 0. The van der Waals surface area contributed by atoms with E-state index in [1.54, 1.807) is 24.4 Å². The number of benzene rings is 1. The maximum Gasteiger partial charge on any atom is 0.271 e. The van der Waals surface area contributed by atoms with E-state index in [1.807, 2.05) is 13.8 Å². The quantitative estimate of drug-likeness (QED) is 0.595. The van der Waals surface area contributed by atoms with E-state index >= 15 is 0 Å². The van der Waals surface area contributed by atoms with E-state index in [0.29, 0.717) is 17.9 Å². The van der Waals surface area contributed by atoms with E-state index in [1.165, 1.54) is 16.8 Å². The number of nitrogens with zero attached hydrogens (tertiary/aromatic N) is 3. The Morgan fingerprint density at radius 1 is 1.35 bits per heavy atom. The summed E-state index contributed by atoms with van der Waals surface area (Å²) in [6.45, 7) is 5.34. The van der Waals surface area contributed by atoms with Gasteiger partial charge in [-0.05, 0) is 31.7 Å². The zero-order valence-electron chi connectivity index (χ0n) is 13.0. The first-order valence-electron chi connectivity index (χ1n) is 7.33. The molecule has 2 aromatic rings. The van der Waals surface area contributed by atoms with Gasteiger partial charge in [-0.2, -0.15) is 5.10 Å². The predicted molar refractivity (Wildman–Crippen MR) is 85.7 cm³/mol. The summed E-state index contributed by atoms with van der Waals surface area (Å²) in [5, 5.41) is 20.8. The summed E-state index contributed by atoms with van der Waals surface area (Å²) < 4.78 is 1.51.